The summed E-state index contributed by atoms with van der Waals surface area (Å²) in [7, 11) is -4.47. The summed E-state index contributed by atoms with van der Waals surface area (Å²) >= 11 is 0. The van der Waals surface area contributed by atoms with Crippen LogP contribution in [-0.2, 0) is 16.6 Å². The Morgan fingerprint density at radius 2 is 1.83 bits per heavy atom. The van der Waals surface area contributed by atoms with E-state index in [1.54, 1.807) is 0 Å². The first kappa shape index (κ1) is 13.2. The highest BCUT2D eigenvalue weighted by molar-refractivity contribution is 7.87. The molecule has 0 bridgehead atoms. The number of fused-ring (bicyclic) bond motifs is 1. The van der Waals surface area contributed by atoms with Crippen molar-refractivity contribution in [2.45, 2.75) is 18.4 Å². The molecule has 0 aliphatic heterocycles. The van der Waals surface area contributed by atoms with E-state index in [2.05, 4.69) is 5.14 Å². The van der Waals surface area contributed by atoms with Crippen molar-refractivity contribution < 1.29 is 26.0 Å². The van der Waals surface area contributed by atoms with Gasteiger partial charge in [-0.1, -0.05) is 0 Å². The molecule has 1 aromatic rings. The van der Waals surface area contributed by atoms with Crippen molar-refractivity contribution >= 4 is 10.2 Å². The molecule has 100 valence electrons. The Kier molecular flexibility index (Phi) is 2.87. The topological polar surface area (TPSA) is 72.2 Å². The minimum atomic E-state index is -4.47. The Bertz CT molecular complexity index is 603. The van der Waals surface area contributed by atoms with Gasteiger partial charge in [0.05, 0.1) is 0 Å². The van der Waals surface area contributed by atoms with E-state index in [4.69, 9.17) is 0 Å². The van der Waals surface area contributed by atoms with Gasteiger partial charge < -0.3 is 0 Å². The van der Waals surface area contributed by atoms with Crippen molar-refractivity contribution in [3.8, 4) is 0 Å². The highest BCUT2D eigenvalue weighted by Crippen LogP contribution is 2.45. The monoisotopic (exact) mass is 284 g/mol. The van der Waals surface area contributed by atoms with Crippen molar-refractivity contribution in [2.24, 2.45) is 5.14 Å². The second-order valence-electron chi connectivity index (χ2n) is 3.96. The lowest BCUT2D eigenvalue weighted by Gasteiger charge is -2.19. The molecular formula is C9H8F4N2O2S. The van der Waals surface area contributed by atoms with Gasteiger partial charge in [0.1, 0.15) is 17.7 Å². The number of halogens is 4. The second kappa shape index (κ2) is 3.90. The molecule has 9 heteroatoms. The fourth-order valence-electron chi connectivity index (χ4n) is 1.96. The van der Waals surface area contributed by atoms with E-state index >= 15 is 0 Å². The number of hydrogen-bond acceptors (Lipinski definition) is 2. The van der Waals surface area contributed by atoms with Crippen molar-refractivity contribution in [2.75, 3.05) is 0 Å². The van der Waals surface area contributed by atoms with E-state index in [0.29, 0.717) is 12.1 Å². The largest absolute Gasteiger partial charge is 0.275 e. The Morgan fingerprint density at radius 3 is 2.39 bits per heavy atom. The summed E-state index contributed by atoms with van der Waals surface area (Å²) in [6.07, 6.45) is -1.08. The van der Waals surface area contributed by atoms with Crippen molar-refractivity contribution in [3.63, 3.8) is 0 Å². The van der Waals surface area contributed by atoms with Crippen LogP contribution in [-0.4, -0.2) is 14.3 Å². The minimum Gasteiger partial charge on any atom is -0.216 e. The molecule has 1 aliphatic rings. The van der Waals surface area contributed by atoms with Gasteiger partial charge in [-0.05, 0) is 12.1 Å². The predicted molar refractivity (Wildman–Crippen MR) is 54.0 cm³/mol. The summed E-state index contributed by atoms with van der Waals surface area (Å²) in [6, 6.07) is -0.824. The maximum absolute atomic E-state index is 13.6. The molecule has 0 saturated heterocycles. The normalized spacial score (nSPS) is 21.9. The molecule has 3 N–H and O–H groups in total. The number of nitrogens with one attached hydrogen (secondary N) is 1. The van der Waals surface area contributed by atoms with E-state index in [-0.39, 0.29) is 0 Å². The lowest BCUT2D eigenvalue weighted by molar-refractivity contribution is -0.0196. The number of benzene rings is 1. The van der Waals surface area contributed by atoms with Crippen LogP contribution < -0.4 is 9.86 Å². The van der Waals surface area contributed by atoms with E-state index in [0.717, 1.165) is 0 Å². The molecule has 0 fully saturated rings. The molecule has 0 unspecified atom stereocenters. The van der Waals surface area contributed by atoms with Crippen LogP contribution in [0.25, 0.3) is 0 Å². The van der Waals surface area contributed by atoms with E-state index in [1.165, 1.54) is 4.72 Å². The third-order valence-electron chi connectivity index (χ3n) is 2.65. The van der Waals surface area contributed by atoms with Crippen LogP contribution in [0.4, 0.5) is 17.6 Å². The molecule has 1 aromatic carbocycles. The molecule has 1 atom stereocenters. The first-order valence-electron chi connectivity index (χ1n) is 4.76. The lowest BCUT2D eigenvalue weighted by Crippen LogP contribution is -2.41. The number of hydrogen-bond donors (Lipinski definition) is 2. The zero-order valence-electron chi connectivity index (χ0n) is 8.75. The molecule has 18 heavy (non-hydrogen) atoms. The first-order valence-corrected chi connectivity index (χ1v) is 6.31. The summed E-state index contributed by atoms with van der Waals surface area (Å²) < 4.78 is 76.9. The average molecular weight is 284 g/mol. The minimum absolute atomic E-state index is 0.541. The van der Waals surface area contributed by atoms with Gasteiger partial charge in [0.2, 0.25) is 0 Å². The Hall–Kier alpha value is -1.19. The molecule has 0 heterocycles. The molecule has 4 nitrogen and oxygen atoms in total. The molecule has 0 amide bonds. The van der Waals surface area contributed by atoms with Crippen LogP contribution in [0.15, 0.2) is 12.1 Å². The molecule has 1 aliphatic carbocycles. The highest BCUT2D eigenvalue weighted by atomic mass is 32.2. The van der Waals surface area contributed by atoms with E-state index < -0.39 is 51.4 Å². The number of rotatable bonds is 2. The Morgan fingerprint density at radius 1 is 1.28 bits per heavy atom. The molecular weight excluding hydrogens is 276 g/mol. The zero-order valence-corrected chi connectivity index (χ0v) is 9.57. The van der Waals surface area contributed by atoms with Crippen molar-refractivity contribution in [1.29, 1.82) is 0 Å². The zero-order chi connectivity index (χ0) is 13.7. The third kappa shape index (κ3) is 2.20. The number of alkyl halides is 2. The van der Waals surface area contributed by atoms with Crippen molar-refractivity contribution in [3.05, 3.63) is 34.9 Å². The molecule has 2 rings (SSSR count). The first-order chi connectivity index (χ1) is 8.12. The highest BCUT2D eigenvalue weighted by Gasteiger charge is 2.51. The smallest absolute Gasteiger partial charge is 0.216 e. The summed E-state index contributed by atoms with van der Waals surface area (Å²) in [5, 5.41) is 4.59. The van der Waals surface area contributed by atoms with Gasteiger partial charge in [0.25, 0.3) is 16.1 Å². The summed E-state index contributed by atoms with van der Waals surface area (Å²) in [4.78, 5) is 0. The summed E-state index contributed by atoms with van der Waals surface area (Å²) in [5.74, 6) is -5.76. The van der Waals surface area contributed by atoms with E-state index in [9.17, 15) is 26.0 Å². The summed E-state index contributed by atoms with van der Waals surface area (Å²) in [5.41, 5.74) is -1.24. The quantitative estimate of drug-likeness (QED) is 0.795. The maximum Gasteiger partial charge on any atom is 0.275 e. The SMILES string of the molecule is NS(=O)(=O)N[C@H]1c2c(F)ccc(F)c2CC1(F)F. The molecule has 0 radical (unpaired) electrons. The maximum atomic E-state index is 13.6. The van der Waals surface area contributed by atoms with Crippen LogP contribution >= 0.6 is 0 Å². The number of nitrogens with two attached hydrogens (primary N) is 1. The van der Waals surface area contributed by atoms with E-state index in [1.807, 2.05) is 0 Å². The predicted octanol–water partition coefficient (Wildman–Crippen LogP) is 0.990. The van der Waals surface area contributed by atoms with Gasteiger partial charge in [0, 0.05) is 17.5 Å². The van der Waals surface area contributed by atoms with Gasteiger partial charge in [-0.3, -0.25) is 0 Å². The fraction of sp³-hybridized carbons (Fsp3) is 0.333. The average Bonchev–Trinajstić information content (AvgIpc) is 2.44. The van der Waals surface area contributed by atoms with Crippen LogP contribution in [0.2, 0.25) is 0 Å². The van der Waals surface area contributed by atoms with Gasteiger partial charge in [-0.25, -0.2) is 22.7 Å². The Labute approximate surface area is 100.0 Å². The Balaban J connectivity index is 2.58. The van der Waals surface area contributed by atoms with Gasteiger partial charge >= 0.3 is 0 Å². The van der Waals surface area contributed by atoms with Gasteiger partial charge in [-0.2, -0.15) is 13.1 Å². The van der Waals surface area contributed by atoms with Crippen LogP contribution in [0.3, 0.4) is 0 Å². The van der Waals surface area contributed by atoms with Crippen LogP contribution in [0.5, 0.6) is 0 Å². The second-order valence-corrected chi connectivity index (χ2v) is 5.28. The molecule has 0 spiro atoms. The van der Waals surface area contributed by atoms with Gasteiger partial charge in [0.15, 0.2) is 0 Å². The van der Waals surface area contributed by atoms with Gasteiger partial charge in [-0.15, -0.1) is 0 Å². The standard InChI is InChI=1S/C9H8F4N2O2S/c10-5-1-2-6(11)7-4(5)3-9(12,13)8(7)15-18(14,16)17/h1-2,8,15H,3H2,(H2,14,16,17)/t8-/m0/s1. The fourth-order valence-corrected chi connectivity index (χ4v) is 2.58. The van der Waals surface area contributed by atoms with Crippen molar-refractivity contribution in [1.82, 2.24) is 4.72 Å². The van der Waals surface area contributed by atoms with Crippen LogP contribution in [0, 0.1) is 11.6 Å². The lowest BCUT2D eigenvalue weighted by atomic mass is 10.1. The third-order valence-corrected chi connectivity index (χ3v) is 3.22. The summed E-state index contributed by atoms with van der Waals surface area (Å²) in [6.45, 7) is 0. The molecule has 0 aromatic heterocycles. The molecule has 0 saturated carbocycles. The van der Waals surface area contributed by atoms with Crippen LogP contribution in [0.1, 0.15) is 17.2 Å².